The van der Waals surface area contributed by atoms with Crippen molar-refractivity contribution >= 4 is 27.4 Å². The van der Waals surface area contributed by atoms with E-state index in [1.165, 1.54) is 11.4 Å². The smallest absolute Gasteiger partial charge is 0.246 e. The van der Waals surface area contributed by atoms with E-state index in [4.69, 9.17) is 21.1 Å². The summed E-state index contributed by atoms with van der Waals surface area (Å²) in [6.07, 6.45) is 1.10. The predicted molar refractivity (Wildman–Crippen MR) is 114 cm³/mol. The fourth-order valence-corrected chi connectivity index (χ4v) is 5.98. The van der Waals surface area contributed by atoms with Crippen molar-refractivity contribution in [2.24, 2.45) is 0 Å². The van der Waals surface area contributed by atoms with E-state index in [0.717, 1.165) is 11.1 Å². The summed E-state index contributed by atoms with van der Waals surface area (Å²) in [5, 5.41) is 0.491. The van der Waals surface area contributed by atoms with Gasteiger partial charge in [-0.3, -0.25) is 4.79 Å². The van der Waals surface area contributed by atoms with E-state index in [0.29, 0.717) is 34.9 Å². The zero-order chi connectivity index (χ0) is 21.7. The second kappa shape index (κ2) is 7.55. The van der Waals surface area contributed by atoms with E-state index < -0.39 is 15.6 Å². The highest BCUT2D eigenvalue weighted by atomic mass is 35.5. The van der Waals surface area contributed by atoms with Gasteiger partial charge in [0.2, 0.25) is 10.0 Å². The van der Waals surface area contributed by atoms with E-state index in [2.05, 4.69) is 0 Å². The molecule has 30 heavy (non-hydrogen) atoms. The molecule has 0 saturated carbocycles. The van der Waals surface area contributed by atoms with E-state index in [9.17, 15) is 13.2 Å². The highest BCUT2D eigenvalue weighted by molar-refractivity contribution is 7.89. The van der Waals surface area contributed by atoms with Crippen LogP contribution in [-0.2, 0) is 10.0 Å². The number of hydrogen-bond acceptors (Lipinski definition) is 5. The first-order valence-electron chi connectivity index (χ1n) is 9.82. The van der Waals surface area contributed by atoms with E-state index in [1.54, 1.807) is 30.3 Å². The van der Waals surface area contributed by atoms with Crippen LogP contribution < -0.4 is 9.47 Å². The molecule has 0 aliphatic carbocycles. The van der Waals surface area contributed by atoms with Crippen molar-refractivity contribution in [3.8, 4) is 11.5 Å². The fraction of sp³-hybridized carbons (Fsp3) is 0.409. The van der Waals surface area contributed by atoms with Gasteiger partial charge in [0.05, 0.1) is 19.1 Å². The van der Waals surface area contributed by atoms with Crippen LogP contribution >= 0.6 is 11.6 Å². The van der Waals surface area contributed by atoms with Gasteiger partial charge in [0, 0.05) is 31.0 Å². The van der Waals surface area contributed by atoms with E-state index >= 15 is 0 Å². The van der Waals surface area contributed by atoms with Gasteiger partial charge in [-0.2, -0.15) is 4.31 Å². The van der Waals surface area contributed by atoms with Crippen molar-refractivity contribution in [3.63, 3.8) is 0 Å². The second-order valence-corrected chi connectivity index (χ2v) is 10.4. The fourth-order valence-electron chi connectivity index (χ4n) is 4.14. The highest BCUT2D eigenvalue weighted by Gasteiger charge is 2.45. The van der Waals surface area contributed by atoms with Crippen molar-refractivity contribution in [2.45, 2.75) is 43.6 Å². The molecule has 160 valence electrons. The molecule has 0 amide bonds. The quantitative estimate of drug-likeness (QED) is 0.703. The standard InChI is InChI=1S/C22H24ClNO5S/c1-14-10-20(28-3)21(11-15(14)2)30(26,27)24-8-6-22(7-9-24)13-18(25)17-12-16(23)4-5-19(17)29-22/h4-5,10-12H,6-9,13H2,1-3H3. The van der Waals surface area contributed by atoms with Crippen molar-refractivity contribution in [1.82, 2.24) is 4.31 Å². The maximum absolute atomic E-state index is 13.3. The number of halogens is 1. The van der Waals surface area contributed by atoms with Crippen molar-refractivity contribution < 1.29 is 22.7 Å². The molecule has 6 nitrogen and oxygen atoms in total. The predicted octanol–water partition coefficient (Wildman–Crippen LogP) is 4.15. The molecule has 2 aliphatic rings. The molecular weight excluding hydrogens is 426 g/mol. The summed E-state index contributed by atoms with van der Waals surface area (Å²) in [5.74, 6) is 0.835. The molecule has 1 saturated heterocycles. The molecule has 8 heteroatoms. The molecule has 0 aromatic heterocycles. The van der Waals surface area contributed by atoms with Crippen LogP contribution in [0.2, 0.25) is 5.02 Å². The largest absolute Gasteiger partial charge is 0.495 e. The Morgan fingerprint density at radius 3 is 2.43 bits per heavy atom. The van der Waals surface area contributed by atoms with Crippen molar-refractivity contribution in [2.75, 3.05) is 20.2 Å². The Morgan fingerprint density at radius 2 is 1.77 bits per heavy atom. The number of hydrogen-bond donors (Lipinski definition) is 0. The number of benzene rings is 2. The summed E-state index contributed by atoms with van der Waals surface area (Å²) < 4.78 is 39.7. The molecule has 0 radical (unpaired) electrons. The van der Waals surface area contributed by atoms with Crippen LogP contribution in [0.4, 0.5) is 0 Å². The van der Waals surface area contributed by atoms with Crippen LogP contribution in [0, 0.1) is 13.8 Å². The highest BCUT2D eigenvalue weighted by Crippen LogP contribution is 2.41. The SMILES string of the molecule is COc1cc(C)c(C)cc1S(=O)(=O)N1CCC2(CC1)CC(=O)c1cc(Cl)ccc1O2. The first-order chi connectivity index (χ1) is 14.1. The van der Waals surface area contributed by atoms with E-state index in [-0.39, 0.29) is 30.2 Å². The molecule has 1 spiro atoms. The van der Waals surface area contributed by atoms with Crippen molar-refractivity contribution in [3.05, 3.63) is 52.0 Å². The maximum Gasteiger partial charge on any atom is 0.246 e. The molecule has 0 unspecified atom stereocenters. The third-order valence-electron chi connectivity index (χ3n) is 6.08. The van der Waals surface area contributed by atoms with Gasteiger partial charge in [-0.1, -0.05) is 11.6 Å². The molecule has 0 bridgehead atoms. The van der Waals surface area contributed by atoms with Gasteiger partial charge in [0.1, 0.15) is 22.0 Å². The lowest BCUT2D eigenvalue weighted by Gasteiger charge is -2.43. The van der Waals surface area contributed by atoms with E-state index in [1.807, 2.05) is 13.8 Å². The summed E-state index contributed by atoms with van der Waals surface area (Å²) in [6, 6.07) is 8.43. The third-order valence-corrected chi connectivity index (χ3v) is 8.24. The molecule has 2 aromatic rings. The molecule has 0 atom stereocenters. The number of aryl methyl sites for hydroxylation is 2. The number of methoxy groups -OCH3 is 1. The minimum absolute atomic E-state index is 0.0223. The first-order valence-corrected chi connectivity index (χ1v) is 11.6. The van der Waals surface area contributed by atoms with Crippen LogP contribution in [0.25, 0.3) is 0 Å². The number of carbonyl (C=O) groups is 1. The van der Waals surface area contributed by atoms with Crippen LogP contribution in [-0.4, -0.2) is 44.3 Å². The van der Waals surface area contributed by atoms with Gasteiger partial charge < -0.3 is 9.47 Å². The summed E-state index contributed by atoms with van der Waals surface area (Å²) in [5.41, 5.74) is 1.66. The van der Waals surface area contributed by atoms with Crippen LogP contribution in [0.3, 0.4) is 0 Å². The van der Waals surface area contributed by atoms with Crippen LogP contribution in [0.5, 0.6) is 11.5 Å². The van der Waals surface area contributed by atoms with Gasteiger partial charge in [-0.05, 0) is 55.3 Å². The molecule has 2 aliphatic heterocycles. The van der Waals surface area contributed by atoms with Crippen LogP contribution in [0.15, 0.2) is 35.2 Å². The average Bonchev–Trinajstić information content (AvgIpc) is 2.70. The Kier molecular flexibility index (Phi) is 5.33. The molecule has 1 fully saturated rings. The van der Waals surface area contributed by atoms with Gasteiger partial charge in [0.15, 0.2) is 5.78 Å². The van der Waals surface area contributed by atoms with Gasteiger partial charge in [-0.15, -0.1) is 0 Å². The normalized spacial score (nSPS) is 18.7. The number of piperidine rings is 1. The van der Waals surface area contributed by atoms with Gasteiger partial charge in [-0.25, -0.2) is 8.42 Å². The number of carbonyl (C=O) groups excluding carboxylic acids is 1. The van der Waals surface area contributed by atoms with Crippen molar-refractivity contribution in [1.29, 1.82) is 0 Å². The lowest BCUT2D eigenvalue weighted by atomic mass is 9.83. The lowest BCUT2D eigenvalue weighted by molar-refractivity contribution is 0.00590. The number of rotatable bonds is 3. The number of ether oxygens (including phenoxy) is 2. The van der Waals surface area contributed by atoms with Crippen LogP contribution in [0.1, 0.15) is 40.7 Å². The first kappa shape index (κ1) is 21.2. The molecule has 2 aromatic carbocycles. The summed E-state index contributed by atoms with van der Waals surface area (Å²) in [6.45, 7) is 4.34. The monoisotopic (exact) mass is 449 g/mol. The second-order valence-electron chi connectivity index (χ2n) is 8.02. The zero-order valence-corrected chi connectivity index (χ0v) is 18.8. The lowest BCUT2D eigenvalue weighted by Crippen LogP contribution is -2.52. The van der Waals surface area contributed by atoms with Gasteiger partial charge in [0.25, 0.3) is 0 Å². The van der Waals surface area contributed by atoms with Gasteiger partial charge >= 0.3 is 0 Å². The Hall–Kier alpha value is -2.09. The summed E-state index contributed by atoms with van der Waals surface area (Å²) in [4.78, 5) is 12.8. The minimum atomic E-state index is -3.73. The Balaban J connectivity index is 1.57. The maximum atomic E-state index is 13.3. The zero-order valence-electron chi connectivity index (χ0n) is 17.2. The Labute approximate surface area is 181 Å². The summed E-state index contributed by atoms with van der Waals surface area (Å²) >= 11 is 6.00. The molecule has 4 rings (SSSR count). The minimum Gasteiger partial charge on any atom is -0.495 e. The molecular formula is C22H24ClNO5S. The molecule has 2 heterocycles. The topological polar surface area (TPSA) is 72.9 Å². The number of ketones is 1. The summed E-state index contributed by atoms with van der Waals surface area (Å²) in [7, 11) is -2.26. The number of sulfonamides is 1. The number of fused-ring (bicyclic) bond motifs is 1. The Bertz CT molecular complexity index is 1120. The number of Topliss-reactive ketones (excluding diaryl/α,β-unsaturated/α-hetero) is 1. The number of nitrogens with zero attached hydrogens (tertiary/aromatic N) is 1. The Morgan fingerprint density at radius 1 is 1.10 bits per heavy atom. The molecule has 0 N–H and O–H groups in total. The third kappa shape index (κ3) is 3.59. The average molecular weight is 450 g/mol.